The molecule has 1 saturated heterocycles. The Bertz CT molecular complexity index is 2130. The highest BCUT2D eigenvalue weighted by Gasteiger charge is 2.24. The second-order valence-corrected chi connectivity index (χ2v) is 13.4. The van der Waals surface area contributed by atoms with Gasteiger partial charge in [0.2, 0.25) is 0 Å². The monoisotopic (exact) mass is 620 g/mol. The number of fused-ring (bicyclic) bond motifs is 1. The highest BCUT2D eigenvalue weighted by atomic mass is 32.2. The molecule has 1 aliphatic heterocycles. The van der Waals surface area contributed by atoms with Gasteiger partial charge in [-0.15, -0.1) is 0 Å². The van der Waals surface area contributed by atoms with Crippen LogP contribution < -0.4 is 10.2 Å². The standard InChI is InChI=1S/C35H33FN6O2S/c1-24-6-9-31(10-7-24)45(43,44)42-23-33(29-20-39-41(22-29)21-26-4-3-5-30(36)17-26)32-18-28(19-38-35(32)42)27-8-11-34(25(2)16-27)40-14-12-37-13-15-40/h3-11,16-20,22-23,37H,12-15,21H2,1-2H3. The van der Waals surface area contributed by atoms with E-state index >= 15 is 0 Å². The predicted molar refractivity (Wildman–Crippen MR) is 175 cm³/mol. The lowest BCUT2D eigenvalue weighted by Crippen LogP contribution is -2.43. The molecule has 3 aromatic carbocycles. The first kappa shape index (κ1) is 28.9. The molecule has 0 aliphatic carbocycles. The molecule has 0 spiro atoms. The second-order valence-electron chi connectivity index (χ2n) is 11.5. The lowest BCUT2D eigenvalue weighted by atomic mass is 10.0. The van der Waals surface area contributed by atoms with Crippen molar-refractivity contribution < 1.29 is 12.8 Å². The SMILES string of the molecule is Cc1ccc(S(=O)(=O)n2cc(-c3cnn(Cc4cccc(F)c4)c3)c3cc(-c4ccc(N5CCNCC5)c(C)c4)cnc32)cc1. The summed E-state index contributed by atoms with van der Waals surface area (Å²) < 4.78 is 44.6. The average Bonchev–Trinajstić information content (AvgIpc) is 3.66. The van der Waals surface area contributed by atoms with Gasteiger partial charge in [0, 0.05) is 72.5 Å². The van der Waals surface area contributed by atoms with Gasteiger partial charge in [-0.25, -0.2) is 21.8 Å². The van der Waals surface area contributed by atoms with Crippen molar-refractivity contribution in [1.29, 1.82) is 0 Å². The number of anilines is 1. The van der Waals surface area contributed by atoms with Crippen LogP contribution >= 0.6 is 0 Å². The summed E-state index contributed by atoms with van der Waals surface area (Å²) in [5.41, 5.74) is 7.79. The summed E-state index contributed by atoms with van der Waals surface area (Å²) in [5, 5.41) is 8.61. The van der Waals surface area contributed by atoms with Crippen LogP contribution in [0.2, 0.25) is 0 Å². The largest absolute Gasteiger partial charge is 0.369 e. The third-order valence-electron chi connectivity index (χ3n) is 8.36. The molecule has 1 aliphatic rings. The van der Waals surface area contributed by atoms with E-state index in [-0.39, 0.29) is 10.7 Å². The van der Waals surface area contributed by atoms with Crippen molar-refractivity contribution in [2.75, 3.05) is 31.1 Å². The first-order valence-corrected chi connectivity index (χ1v) is 16.4. The third kappa shape index (κ3) is 5.63. The fraction of sp³-hybridized carbons (Fsp3) is 0.200. The van der Waals surface area contributed by atoms with Crippen molar-refractivity contribution in [1.82, 2.24) is 24.1 Å². The second kappa shape index (κ2) is 11.6. The van der Waals surface area contributed by atoms with Gasteiger partial charge in [0.15, 0.2) is 5.65 Å². The lowest BCUT2D eigenvalue weighted by molar-refractivity contribution is 0.588. The fourth-order valence-corrected chi connectivity index (χ4v) is 7.31. The number of aryl methyl sites for hydroxylation is 2. The summed E-state index contributed by atoms with van der Waals surface area (Å²) in [4.78, 5) is 7.31. The van der Waals surface area contributed by atoms with E-state index < -0.39 is 10.0 Å². The molecule has 10 heteroatoms. The van der Waals surface area contributed by atoms with Gasteiger partial charge in [-0.1, -0.05) is 35.9 Å². The van der Waals surface area contributed by atoms with E-state index in [1.165, 1.54) is 27.4 Å². The summed E-state index contributed by atoms with van der Waals surface area (Å²) in [6.07, 6.45) is 6.91. The molecule has 228 valence electrons. The van der Waals surface area contributed by atoms with Gasteiger partial charge < -0.3 is 10.2 Å². The molecule has 8 nitrogen and oxygen atoms in total. The highest BCUT2D eigenvalue weighted by molar-refractivity contribution is 7.90. The van der Waals surface area contributed by atoms with Crippen LogP contribution in [-0.2, 0) is 16.6 Å². The predicted octanol–water partition coefficient (Wildman–Crippen LogP) is 6.02. The first-order valence-electron chi connectivity index (χ1n) is 14.9. The van der Waals surface area contributed by atoms with Crippen molar-refractivity contribution in [2.45, 2.75) is 25.3 Å². The highest BCUT2D eigenvalue weighted by Crippen LogP contribution is 2.36. The molecule has 0 radical (unpaired) electrons. The lowest BCUT2D eigenvalue weighted by Gasteiger charge is -2.31. The van der Waals surface area contributed by atoms with Crippen molar-refractivity contribution >= 4 is 26.7 Å². The van der Waals surface area contributed by atoms with Crippen LogP contribution in [0.3, 0.4) is 0 Å². The zero-order valence-corrected chi connectivity index (χ0v) is 25.9. The molecule has 45 heavy (non-hydrogen) atoms. The van der Waals surface area contributed by atoms with Crippen LogP contribution in [-0.4, -0.2) is 53.3 Å². The van der Waals surface area contributed by atoms with Gasteiger partial charge >= 0.3 is 0 Å². The van der Waals surface area contributed by atoms with E-state index in [9.17, 15) is 12.8 Å². The first-order chi connectivity index (χ1) is 21.8. The molecule has 0 atom stereocenters. The molecule has 0 saturated carbocycles. The topological polar surface area (TPSA) is 85.0 Å². The Labute approximate surface area is 261 Å². The minimum absolute atomic E-state index is 0.184. The Kier molecular flexibility index (Phi) is 7.47. The Morgan fingerprint density at radius 1 is 0.867 bits per heavy atom. The Morgan fingerprint density at radius 3 is 2.42 bits per heavy atom. The van der Waals surface area contributed by atoms with Crippen molar-refractivity contribution in [3.05, 3.63) is 120 Å². The summed E-state index contributed by atoms with van der Waals surface area (Å²) in [6.45, 7) is 8.27. The van der Waals surface area contributed by atoms with E-state index in [0.717, 1.165) is 54.0 Å². The molecule has 1 N–H and O–H groups in total. The van der Waals surface area contributed by atoms with Gasteiger partial charge in [0.05, 0.1) is 17.6 Å². The summed E-state index contributed by atoms with van der Waals surface area (Å²) >= 11 is 0. The number of rotatable bonds is 7. The smallest absolute Gasteiger partial charge is 0.269 e. The number of aromatic nitrogens is 4. The number of nitrogens with zero attached hydrogens (tertiary/aromatic N) is 5. The molecule has 4 heterocycles. The van der Waals surface area contributed by atoms with E-state index in [1.54, 1.807) is 53.6 Å². The summed E-state index contributed by atoms with van der Waals surface area (Å²) in [5.74, 6) is -0.306. The van der Waals surface area contributed by atoms with E-state index in [4.69, 9.17) is 4.98 Å². The molecule has 7 rings (SSSR count). The fourth-order valence-electron chi connectivity index (χ4n) is 5.98. The molecular formula is C35H33FN6O2S. The molecular weight excluding hydrogens is 587 g/mol. The number of pyridine rings is 1. The van der Waals surface area contributed by atoms with Crippen LogP contribution in [0.5, 0.6) is 0 Å². The van der Waals surface area contributed by atoms with Gasteiger partial charge in [0.25, 0.3) is 10.0 Å². The molecule has 0 bridgehead atoms. The van der Waals surface area contributed by atoms with E-state index in [1.807, 2.05) is 25.3 Å². The van der Waals surface area contributed by atoms with Crippen LogP contribution in [0.15, 0.2) is 102 Å². The van der Waals surface area contributed by atoms with Crippen LogP contribution in [0, 0.1) is 19.7 Å². The number of hydrogen-bond acceptors (Lipinski definition) is 6. The Hall–Kier alpha value is -4.80. The minimum Gasteiger partial charge on any atom is -0.369 e. The van der Waals surface area contributed by atoms with Crippen molar-refractivity contribution in [3.8, 4) is 22.3 Å². The van der Waals surface area contributed by atoms with E-state index in [2.05, 4.69) is 40.4 Å². The average molecular weight is 621 g/mol. The van der Waals surface area contributed by atoms with Crippen molar-refractivity contribution in [3.63, 3.8) is 0 Å². The molecule has 1 fully saturated rings. The molecule has 0 amide bonds. The zero-order valence-electron chi connectivity index (χ0n) is 25.1. The molecule has 6 aromatic rings. The van der Waals surface area contributed by atoms with Gasteiger partial charge in [-0.3, -0.25) is 4.68 Å². The maximum absolute atomic E-state index is 13.9. The maximum Gasteiger partial charge on any atom is 0.269 e. The van der Waals surface area contributed by atoms with Crippen LogP contribution in [0.1, 0.15) is 16.7 Å². The van der Waals surface area contributed by atoms with Gasteiger partial charge in [-0.05, 0) is 73.0 Å². The number of halogens is 1. The Balaban J connectivity index is 1.33. The number of piperazine rings is 1. The number of hydrogen-bond donors (Lipinski definition) is 1. The van der Waals surface area contributed by atoms with Crippen LogP contribution in [0.25, 0.3) is 33.3 Å². The quantitative estimate of drug-likeness (QED) is 0.235. The van der Waals surface area contributed by atoms with Crippen LogP contribution in [0.4, 0.5) is 10.1 Å². The van der Waals surface area contributed by atoms with E-state index in [0.29, 0.717) is 23.1 Å². The minimum atomic E-state index is -3.94. The van der Waals surface area contributed by atoms with Crippen molar-refractivity contribution in [2.24, 2.45) is 0 Å². The summed E-state index contributed by atoms with van der Waals surface area (Å²) in [6, 6.07) is 21.6. The third-order valence-corrected chi connectivity index (χ3v) is 10.0. The number of nitrogens with one attached hydrogen (secondary N) is 1. The number of benzene rings is 3. The maximum atomic E-state index is 13.9. The van der Waals surface area contributed by atoms with Gasteiger partial charge in [-0.2, -0.15) is 5.10 Å². The molecule has 3 aromatic heterocycles. The zero-order chi connectivity index (χ0) is 31.1. The molecule has 0 unspecified atom stereocenters. The summed E-state index contributed by atoms with van der Waals surface area (Å²) in [7, 11) is -3.94. The Morgan fingerprint density at radius 2 is 1.67 bits per heavy atom. The van der Waals surface area contributed by atoms with Gasteiger partial charge in [0.1, 0.15) is 5.82 Å². The normalized spacial score (nSPS) is 13.9.